The summed E-state index contributed by atoms with van der Waals surface area (Å²) in [6.07, 6.45) is 1.80. The summed E-state index contributed by atoms with van der Waals surface area (Å²) in [6, 6.07) is 9.22. The van der Waals surface area contributed by atoms with E-state index in [1.807, 2.05) is 37.3 Å². The van der Waals surface area contributed by atoms with Crippen molar-refractivity contribution in [3.05, 3.63) is 41.4 Å². The molecule has 2 amide bonds. The number of hydrogen-bond donors (Lipinski definition) is 1. The smallest absolute Gasteiger partial charge is 0.316 e. The van der Waals surface area contributed by atoms with E-state index in [2.05, 4.69) is 27.8 Å². The number of anilines is 1. The maximum atomic E-state index is 12.2. The summed E-state index contributed by atoms with van der Waals surface area (Å²) in [5.74, 6) is -1.16. The fourth-order valence-corrected chi connectivity index (χ4v) is 1.79. The molecule has 0 radical (unpaired) electrons. The molecule has 0 atom stereocenters. The van der Waals surface area contributed by atoms with E-state index >= 15 is 0 Å². The van der Waals surface area contributed by atoms with E-state index in [0.717, 1.165) is 18.5 Å². The summed E-state index contributed by atoms with van der Waals surface area (Å²) in [5.41, 5.74) is 0.735. The van der Waals surface area contributed by atoms with E-state index in [-0.39, 0.29) is 6.54 Å². The highest BCUT2D eigenvalue weighted by atomic mass is 79.9. The minimum atomic E-state index is -0.620. The Kier molecular flexibility index (Phi) is 7.01. The predicted molar refractivity (Wildman–Crippen MR) is 84.8 cm³/mol. The monoisotopic (exact) mass is 338 g/mol. The molecule has 1 rings (SSSR count). The molecular formula is C15H19BrN2O2. The number of carbonyl (C=O) groups excluding carboxylic acids is 2. The van der Waals surface area contributed by atoms with E-state index in [0.29, 0.717) is 11.0 Å². The number of unbranched alkanes of at least 4 members (excludes halogenated alkanes) is 1. The Balaban J connectivity index is 2.79. The van der Waals surface area contributed by atoms with Gasteiger partial charge in [-0.15, -0.1) is 0 Å². The molecule has 0 aliphatic rings. The lowest BCUT2D eigenvalue weighted by atomic mass is 10.2. The second-order valence-corrected chi connectivity index (χ2v) is 5.47. The van der Waals surface area contributed by atoms with Gasteiger partial charge in [-0.1, -0.05) is 54.1 Å². The molecule has 1 aromatic carbocycles. The third-order valence-electron chi connectivity index (χ3n) is 2.68. The average molecular weight is 339 g/mol. The predicted octanol–water partition coefficient (Wildman–Crippen LogP) is 2.84. The summed E-state index contributed by atoms with van der Waals surface area (Å²) < 4.78 is 0.624. The van der Waals surface area contributed by atoms with Gasteiger partial charge >= 0.3 is 11.8 Å². The van der Waals surface area contributed by atoms with Gasteiger partial charge in [-0.05, 0) is 18.6 Å². The third-order valence-corrected chi connectivity index (χ3v) is 2.96. The van der Waals surface area contributed by atoms with Crippen molar-refractivity contribution in [1.29, 1.82) is 0 Å². The van der Waals surface area contributed by atoms with Gasteiger partial charge in [-0.2, -0.15) is 0 Å². The van der Waals surface area contributed by atoms with Crippen LogP contribution in [0.2, 0.25) is 0 Å². The zero-order chi connectivity index (χ0) is 15.0. The minimum absolute atomic E-state index is 0.237. The summed E-state index contributed by atoms with van der Waals surface area (Å²) in [6.45, 7) is 6.43. The molecule has 0 heterocycles. The first-order valence-corrected chi connectivity index (χ1v) is 7.33. The highest BCUT2D eigenvalue weighted by molar-refractivity contribution is 9.11. The van der Waals surface area contributed by atoms with E-state index in [9.17, 15) is 9.59 Å². The highest BCUT2D eigenvalue weighted by Gasteiger charge is 2.22. The van der Waals surface area contributed by atoms with Gasteiger partial charge in [0.25, 0.3) is 0 Å². The molecule has 20 heavy (non-hydrogen) atoms. The lowest BCUT2D eigenvalue weighted by molar-refractivity contribution is -0.137. The third kappa shape index (κ3) is 5.17. The Hall–Kier alpha value is -1.62. The highest BCUT2D eigenvalue weighted by Crippen LogP contribution is 2.14. The second-order valence-electron chi connectivity index (χ2n) is 4.35. The van der Waals surface area contributed by atoms with E-state index in [1.54, 1.807) is 0 Å². The van der Waals surface area contributed by atoms with Crippen LogP contribution in [-0.2, 0) is 9.59 Å². The zero-order valence-corrected chi connectivity index (χ0v) is 13.1. The molecular weight excluding hydrogens is 320 g/mol. The van der Waals surface area contributed by atoms with Crippen molar-refractivity contribution in [1.82, 2.24) is 5.32 Å². The van der Waals surface area contributed by atoms with Crippen LogP contribution in [0.4, 0.5) is 5.69 Å². The molecule has 1 aromatic rings. The van der Waals surface area contributed by atoms with Crippen LogP contribution in [0.5, 0.6) is 0 Å². The van der Waals surface area contributed by atoms with Crippen molar-refractivity contribution in [2.24, 2.45) is 0 Å². The van der Waals surface area contributed by atoms with Crippen molar-refractivity contribution in [2.45, 2.75) is 19.8 Å². The number of rotatable bonds is 6. The number of hydrogen-bond acceptors (Lipinski definition) is 2. The van der Waals surface area contributed by atoms with Crippen molar-refractivity contribution in [3.63, 3.8) is 0 Å². The van der Waals surface area contributed by atoms with E-state index < -0.39 is 11.8 Å². The Labute approximate surface area is 128 Å². The fourth-order valence-electron chi connectivity index (χ4n) is 1.65. The first kappa shape index (κ1) is 16.4. The topological polar surface area (TPSA) is 49.4 Å². The lowest BCUT2D eigenvalue weighted by Crippen LogP contribution is -2.44. The van der Waals surface area contributed by atoms with Crippen LogP contribution < -0.4 is 10.2 Å². The molecule has 5 heteroatoms. The molecule has 0 aromatic heterocycles. The summed E-state index contributed by atoms with van der Waals surface area (Å²) in [7, 11) is 0. The van der Waals surface area contributed by atoms with E-state index in [1.165, 1.54) is 4.90 Å². The van der Waals surface area contributed by atoms with Gasteiger partial charge in [-0.3, -0.25) is 9.59 Å². The van der Waals surface area contributed by atoms with Crippen LogP contribution >= 0.6 is 15.9 Å². The first-order chi connectivity index (χ1) is 9.56. The normalized spacial score (nSPS) is 9.90. The van der Waals surface area contributed by atoms with Gasteiger partial charge in [0.15, 0.2) is 0 Å². The molecule has 0 fully saturated rings. The van der Waals surface area contributed by atoms with Gasteiger partial charge in [0.2, 0.25) is 0 Å². The fraction of sp³-hybridized carbons (Fsp3) is 0.333. The number of nitrogens with one attached hydrogen (secondary N) is 1. The number of carbonyl (C=O) groups is 2. The Morgan fingerprint density at radius 3 is 2.50 bits per heavy atom. The largest absolute Gasteiger partial charge is 0.343 e. The molecule has 0 bridgehead atoms. The van der Waals surface area contributed by atoms with Crippen LogP contribution in [0.3, 0.4) is 0 Å². The first-order valence-electron chi connectivity index (χ1n) is 6.54. The van der Waals surface area contributed by atoms with Crippen LogP contribution in [-0.4, -0.2) is 24.9 Å². The molecule has 4 nitrogen and oxygen atoms in total. The Morgan fingerprint density at radius 2 is 1.95 bits per heavy atom. The molecule has 0 saturated carbocycles. The van der Waals surface area contributed by atoms with Crippen LogP contribution in [0, 0.1) is 0 Å². The SMILES string of the molecule is C=C(Br)CNC(=O)C(=O)N(CCCC)c1ccccc1. The van der Waals surface area contributed by atoms with E-state index in [4.69, 9.17) is 0 Å². The zero-order valence-electron chi connectivity index (χ0n) is 11.6. The maximum Gasteiger partial charge on any atom is 0.316 e. The quantitative estimate of drug-likeness (QED) is 0.811. The minimum Gasteiger partial charge on any atom is -0.343 e. The standard InChI is InChI=1S/C15H19BrN2O2/c1-3-4-10-18(13-8-6-5-7-9-13)15(20)14(19)17-11-12(2)16/h5-9H,2-4,10-11H2,1H3,(H,17,19). The molecule has 108 valence electrons. The Morgan fingerprint density at radius 1 is 1.30 bits per heavy atom. The van der Waals surface area contributed by atoms with Crippen LogP contribution in [0.1, 0.15) is 19.8 Å². The van der Waals surface area contributed by atoms with Crippen molar-refractivity contribution in [3.8, 4) is 0 Å². The van der Waals surface area contributed by atoms with Gasteiger partial charge < -0.3 is 10.2 Å². The number of para-hydroxylation sites is 1. The van der Waals surface area contributed by atoms with Crippen LogP contribution in [0.15, 0.2) is 41.4 Å². The average Bonchev–Trinajstić information content (AvgIpc) is 2.46. The van der Waals surface area contributed by atoms with Gasteiger partial charge in [-0.25, -0.2) is 0 Å². The molecule has 0 aliphatic heterocycles. The summed E-state index contributed by atoms with van der Waals surface area (Å²) in [5, 5.41) is 2.53. The second kappa shape index (κ2) is 8.53. The molecule has 0 unspecified atom stereocenters. The van der Waals surface area contributed by atoms with Gasteiger partial charge in [0.1, 0.15) is 0 Å². The van der Waals surface area contributed by atoms with Crippen molar-refractivity contribution in [2.75, 3.05) is 18.0 Å². The van der Waals surface area contributed by atoms with Crippen LogP contribution in [0.25, 0.3) is 0 Å². The maximum absolute atomic E-state index is 12.2. The summed E-state index contributed by atoms with van der Waals surface area (Å²) in [4.78, 5) is 25.6. The van der Waals surface area contributed by atoms with Gasteiger partial charge in [0.05, 0.1) is 0 Å². The lowest BCUT2D eigenvalue weighted by Gasteiger charge is -2.22. The summed E-state index contributed by atoms with van der Waals surface area (Å²) >= 11 is 3.14. The van der Waals surface area contributed by atoms with Crippen molar-refractivity contribution < 1.29 is 9.59 Å². The van der Waals surface area contributed by atoms with Gasteiger partial charge in [0, 0.05) is 23.3 Å². The number of halogens is 1. The number of nitrogens with zero attached hydrogens (tertiary/aromatic N) is 1. The number of benzene rings is 1. The van der Waals surface area contributed by atoms with Crippen molar-refractivity contribution >= 4 is 33.4 Å². The Bertz CT molecular complexity index is 474. The molecule has 0 saturated heterocycles. The molecule has 0 aliphatic carbocycles. The molecule has 0 spiro atoms. The number of amides is 2. The molecule has 1 N–H and O–H groups in total.